The summed E-state index contributed by atoms with van der Waals surface area (Å²) in [7, 11) is 1.20. The molecule has 0 saturated carbocycles. The summed E-state index contributed by atoms with van der Waals surface area (Å²) in [6.07, 6.45) is 0. The first-order valence-electron chi connectivity index (χ1n) is 5.95. The third kappa shape index (κ3) is 4.44. The fourth-order valence-electron chi connectivity index (χ4n) is 1.35. The quantitative estimate of drug-likeness (QED) is 0.340. The van der Waals surface area contributed by atoms with Crippen molar-refractivity contribution in [2.45, 2.75) is 13.8 Å². The first-order valence-corrected chi connectivity index (χ1v) is 5.95. The van der Waals surface area contributed by atoms with Gasteiger partial charge in [-0.05, 0) is 26.0 Å². The van der Waals surface area contributed by atoms with Gasteiger partial charge in [0.05, 0.1) is 12.5 Å². The molecule has 21 heavy (non-hydrogen) atoms. The van der Waals surface area contributed by atoms with Gasteiger partial charge in [0.2, 0.25) is 0 Å². The van der Waals surface area contributed by atoms with E-state index < -0.39 is 29.0 Å². The third-order valence-corrected chi connectivity index (χ3v) is 2.58. The van der Waals surface area contributed by atoms with Crippen LogP contribution in [0.5, 0.6) is 5.75 Å². The van der Waals surface area contributed by atoms with Crippen molar-refractivity contribution in [2.75, 3.05) is 13.7 Å². The summed E-state index contributed by atoms with van der Waals surface area (Å²) in [6, 6.07) is 6.03. The molecule has 0 spiro atoms. The number of methoxy groups -OCH3 is 1. The molecular weight excluding hydrogens is 282 g/mol. The normalized spacial score (nSPS) is 10.6. The van der Waals surface area contributed by atoms with Gasteiger partial charge in [-0.1, -0.05) is 12.1 Å². The van der Waals surface area contributed by atoms with Crippen LogP contribution in [-0.4, -0.2) is 30.7 Å². The first kappa shape index (κ1) is 16.4. The minimum atomic E-state index is -1.25. The number of para-hydroxylation sites is 1. The average molecular weight is 297 g/mol. The molecule has 0 atom stereocenters. The molecule has 1 aromatic rings. The molecule has 8 nitrogen and oxygen atoms in total. The van der Waals surface area contributed by atoms with Crippen LogP contribution in [-0.2, 0) is 14.4 Å². The van der Waals surface area contributed by atoms with E-state index in [0.717, 1.165) is 0 Å². The van der Waals surface area contributed by atoms with E-state index in [0.29, 0.717) is 0 Å². The zero-order chi connectivity index (χ0) is 16.0. The number of carbonyl (C=O) groups excluding carboxylic acids is 2. The van der Waals surface area contributed by atoms with Crippen molar-refractivity contribution in [3.63, 3.8) is 0 Å². The number of hydrogen-bond donors (Lipinski definition) is 0. The molecule has 8 heteroatoms. The maximum Gasteiger partial charge on any atom is 0.341 e. The van der Waals surface area contributed by atoms with Crippen LogP contribution in [0, 0.1) is 15.5 Å². The minimum absolute atomic E-state index is 0.0172. The predicted molar refractivity (Wildman–Crippen MR) is 70.1 cm³/mol. The van der Waals surface area contributed by atoms with Crippen LogP contribution in [0.4, 0.5) is 0 Å². The molecule has 0 radical (unpaired) electrons. The fourth-order valence-corrected chi connectivity index (χ4v) is 1.35. The lowest BCUT2D eigenvalue weighted by Crippen LogP contribution is -2.34. The largest absolute Gasteiger partial charge is 0.465 e. The molecule has 0 aliphatic carbocycles. The van der Waals surface area contributed by atoms with Gasteiger partial charge in [-0.3, -0.25) is 4.79 Å². The van der Waals surface area contributed by atoms with E-state index in [-0.39, 0.29) is 11.3 Å². The molecule has 1 aromatic carbocycles. The van der Waals surface area contributed by atoms with Crippen LogP contribution < -0.4 is 4.74 Å². The Morgan fingerprint density at radius 3 is 2.48 bits per heavy atom. The molecule has 0 amide bonds. The van der Waals surface area contributed by atoms with Crippen LogP contribution in [0.25, 0.3) is 0 Å². The smallest absolute Gasteiger partial charge is 0.341 e. The average Bonchev–Trinajstić information content (AvgIpc) is 2.45. The second kappa shape index (κ2) is 6.69. The summed E-state index contributed by atoms with van der Waals surface area (Å²) in [4.78, 5) is 38.0. The van der Waals surface area contributed by atoms with E-state index >= 15 is 0 Å². The van der Waals surface area contributed by atoms with Crippen LogP contribution >= 0.6 is 0 Å². The highest BCUT2D eigenvalue weighted by Crippen LogP contribution is 2.24. The summed E-state index contributed by atoms with van der Waals surface area (Å²) in [5, 5.41) is 9.19. The lowest BCUT2D eigenvalue weighted by molar-refractivity contribution is -0.760. The van der Waals surface area contributed by atoms with E-state index in [9.17, 15) is 19.7 Å². The summed E-state index contributed by atoms with van der Waals surface area (Å²) in [6.45, 7) is 2.40. The van der Waals surface area contributed by atoms with Gasteiger partial charge in [0, 0.05) is 0 Å². The molecule has 0 N–H and O–H groups in total. The van der Waals surface area contributed by atoms with Crippen molar-refractivity contribution < 1.29 is 29.0 Å². The van der Waals surface area contributed by atoms with Gasteiger partial charge in [0.1, 0.15) is 17.9 Å². The second-order valence-corrected chi connectivity index (χ2v) is 4.76. The highest BCUT2D eigenvalue weighted by molar-refractivity contribution is 5.93. The van der Waals surface area contributed by atoms with Gasteiger partial charge >= 0.3 is 11.9 Å². The molecule has 0 aromatic heterocycles. The molecule has 0 unspecified atom stereocenters. The molecular formula is C13H15NO7. The maximum absolute atomic E-state index is 12.0. The van der Waals surface area contributed by atoms with Crippen molar-refractivity contribution in [3.8, 4) is 5.75 Å². The lowest BCUT2D eigenvalue weighted by atomic mass is 9.95. The predicted octanol–water partition coefficient (Wildman–Crippen LogP) is 1.61. The number of carbonyl (C=O) groups is 2. The highest BCUT2D eigenvalue weighted by Gasteiger charge is 2.32. The molecule has 0 heterocycles. The molecule has 0 fully saturated rings. The topological polar surface area (TPSA) is 105 Å². The van der Waals surface area contributed by atoms with Crippen LogP contribution in [0.3, 0.4) is 0 Å². The Labute approximate surface area is 120 Å². The molecule has 0 aliphatic rings. The molecule has 0 aliphatic heterocycles. The lowest BCUT2D eigenvalue weighted by Gasteiger charge is -2.21. The maximum atomic E-state index is 12.0. The SMILES string of the molecule is COC(=O)c1ccccc1OC(=O)C(C)(C)CO[N+](=O)[O-]. The number of benzene rings is 1. The second-order valence-electron chi connectivity index (χ2n) is 4.76. The zero-order valence-corrected chi connectivity index (χ0v) is 11.8. The standard InChI is InChI=1S/C13H15NO7/c1-13(2,8-20-14(17)18)12(16)21-10-7-5-4-6-9(10)11(15)19-3/h4-7H,8H2,1-3H3. The third-order valence-electron chi connectivity index (χ3n) is 2.58. The van der Waals surface area contributed by atoms with Crippen LogP contribution in [0.1, 0.15) is 24.2 Å². The van der Waals surface area contributed by atoms with Crippen LogP contribution in [0.15, 0.2) is 24.3 Å². The Balaban J connectivity index is 2.88. The number of ether oxygens (including phenoxy) is 2. The number of esters is 2. The van der Waals surface area contributed by atoms with Gasteiger partial charge in [-0.15, -0.1) is 10.1 Å². The van der Waals surface area contributed by atoms with E-state index in [1.54, 1.807) is 12.1 Å². The summed E-state index contributed by atoms with van der Waals surface area (Å²) < 4.78 is 9.70. The van der Waals surface area contributed by atoms with Gasteiger partial charge in [0.15, 0.2) is 0 Å². The summed E-state index contributed by atoms with van der Waals surface area (Å²) in [5.74, 6) is -1.40. The Hall–Kier alpha value is -2.64. The monoisotopic (exact) mass is 297 g/mol. The van der Waals surface area contributed by atoms with E-state index in [2.05, 4.69) is 9.57 Å². The molecule has 114 valence electrons. The Morgan fingerprint density at radius 1 is 1.29 bits per heavy atom. The number of nitrogens with zero attached hydrogens (tertiary/aromatic N) is 1. The van der Waals surface area contributed by atoms with E-state index in [4.69, 9.17) is 4.74 Å². The minimum Gasteiger partial charge on any atom is -0.465 e. The van der Waals surface area contributed by atoms with Crippen molar-refractivity contribution in [1.29, 1.82) is 0 Å². The van der Waals surface area contributed by atoms with E-state index in [1.165, 1.54) is 33.1 Å². The summed E-state index contributed by atoms with van der Waals surface area (Å²) in [5.41, 5.74) is -1.17. The van der Waals surface area contributed by atoms with Gasteiger partial charge in [-0.25, -0.2) is 4.79 Å². The van der Waals surface area contributed by atoms with Gasteiger partial charge in [0.25, 0.3) is 5.09 Å². The van der Waals surface area contributed by atoms with Crippen molar-refractivity contribution in [3.05, 3.63) is 39.9 Å². The Bertz CT molecular complexity index is 553. The Kier molecular flexibility index (Phi) is 5.23. The van der Waals surface area contributed by atoms with Gasteiger partial charge in [-0.2, -0.15) is 0 Å². The van der Waals surface area contributed by atoms with Crippen molar-refractivity contribution in [1.82, 2.24) is 0 Å². The van der Waals surface area contributed by atoms with Crippen molar-refractivity contribution in [2.24, 2.45) is 5.41 Å². The Morgan fingerprint density at radius 2 is 1.90 bits per heavy atom. The van der Waals surface area contributed by atoms with Gasteiger partial charge < -0.3 is 14.3 Å². The fraction of sp³-hybridized carbons (Fsp3) is 0.385. The number of rotatable bonds is 6. The molecule has 1 rings (SSSR count). The molecule has 0 saturated heterocycles. The number of hydrogen-bond acceptors (Lipinski definition) is 7. The van der Waals surface area contributed by atoms with Crippen LogP contribution in [0.2, 0.25) is 0 Å². The van der Waals surface area contributed by atoms with Crippen molar-refractivity contribution >= 4 is 11.9 Å². The zero-order valence-electron chi connectivity index (χ0n) is 11.8. The molecule has 0 bridgehead atoms. The highest BCUT2D eigenvalue weighted by atomic mass is 16.9. The van der Waals surface area contributed by atoms with E-state index in [1.807, 2.05) is 0 Å². The summed E-state index contributed by atoms with van der Waals surface area (Å²) >= 11 is 0. The first-order chi connectivity index (χ1) is 9.77.